The fraction of sp³-hybridized carbons (Fsp3) is 0.448. The van der Waals surface area contributed by atoms with Gasteiger partial charge in [0.2, 0.25) is 0 Å². The zero-order valence-corrected chi connectivity index (χ0v) is 46.5. The molecular formula is C58H70ClFN6O5Si2. The van der Waals surface area contributed by atoms with Crippen LogP contribution in [0.15, 0.2) is 128 Å². The van der Waals surface area contributed by atoms with E-state index in [1.807, 2.05) is 25.7 Å². The predicted octanol–water partition coefficient (Wildman–Crippen LogP) is 9.52. The molecule has 15 heteroatoms. The van der Waals surface area contributed by atoms with E-state index in [2.05, 4.69) is 178 Å². The third-order valence-corrected chi connectivity index (χ3v) is 26.2. The van der Waals surface area contributed by atoms with Gasteiger partial charge in [-0.15, -0.1) is 0 Å². The van der Waals surface area contributed by atoms with E-state index in [0.717, 1.165) is 12.8 Å². The number of ether oxygens (including phenoxy) is 2. The molecule has 1 amide bonds. The lowest BCUT2D eigenvalue weighted by atomic mass is 9.93. The molecule has 0 N–H and O–H groups in total. The number of nitrogens with zero attached hydrogens (tertiary/aromatic N) is 6. The topological polar surface area (TPSA) is 102 Å². The first-order chi connectivity index (χ1) is 34.7. The maximum Gasteiger partial charge on any atom is 0.410 e. The summed E-state index contributed by atoms with van der Waals surface area (Å²) >= 11 is 6.39. The standard InChI is InChI=1S/C58H70ClFN6O5Si2/c1-55(2,3)69-54(67)66-40-30-31-41(66)36-64(35-40)52-48-34-61-51(59)49(60)50(48)62-53(63-52)68-39-58-32-42(70-72(56(4,5)6,44-22-14-10-15-23-44)45-24-16-11-17-25-45)37-65(58)38-43(33-58)71-73(57(7,8)9,46-26-18-12-19-27-46)47-28-20-13-21-29-47/h10-29,34,40-43H,30-33,35-39H2,1-9H3/t40-,41-,42-,43+,58-/m0/s1. The van der Waals surface area contributed by atoms with Crippen molar-refractivity contribution in [3.05, 3.63) is 138 Å². The molecule has 4 aromatic carbocycles. The number of rotatable bonds is 12. The Morgan fingerprint density at radius 2 is 1.11 bits per heavy atom. The fourth-order valence-electron chi connectivity index (χ4n) is 12.7. The summed E-state index contributed by atoms with van der Waals surface area (Å²) in [6.07, 6.45) is 3.87. The van der Waals surface area contributed by atoms with Crippen LogP contribution in [0.3, 0.4) is 0 Å². The Hall–Kier alpha value is -5.23. The number of carbonyl (C=O) groups is 1. The molecule has 6 heterocycles. The van der Waals surface area contributed by atoms with E-state index in [0.29, 0.717) is 50.2 Å². The summed E-state index contributed by atoms with van der Waals surface area (Å²) in [4.78, 5) is 34.1. The average molecular weight is 1040 g/mol. The second-order valence-corrected chi connectivity index (χ2v) is 32.6. The van der Waals surface area contributed by atoms with E-state index in [1.165, 1.54) is 26.9 Å². The molecule has 4 aliphatic rings. The van der Waals surface area contributed by atoms with Gasteiger partial charge in [-0.1, -0.05) is 174 Å². The van der Waals surface area contributed by atoms with E-state index in [-0.39, 0.29) is 63.7 Å². The molecule has 10 rings (SSSR count). The lowest BCUT2D eigenvalue weighted by Crippen LogP contribution is -2.68. The molecule has 0 unspecified atom stereocenters. The number of piperazine rings is 1. The van der Waals surface area contributed by atoms with Gasteiger partial charge in [0.25, 0.3) is 16.6 Å². The van der Waals surface area contributed by atoms with Gasteiger partial charge < -0.3 is 23.2 Å². The number of anilines is 1. The third kappa shape index (κ3) is 9.49. The van der Waals surface area contributed by atoms with Crippen molar-refractivity contribution in [3.63, 3.8) is 0 Å². The van der Waals surface area contributed by atoms with Crippen LogP contribution in [0.25, 0.3) is 10.9 Å². The van der Waals surface area contributed by atoms with E-state index in [4.69, 9.17) is 39.9 Å². The molecule has 4 saturated heterocycles. The normalized spacial score (nSPS) is 22.7. The summed E-state index contributed by atoms with van der Waals surface area (Å²) in [5, 5.41) is 4.61. The van der Waals surface area contributed by atoms with Gasteiger partial charge in [-0.3, -0.25) is 9.80 Å². The van der Waals surface area contributed by atoms with Crippen molar-refractivity contribution in [2.75, 3.05) is 37.7 Å². The van der Waals surface area contributed by atoms with Crippen LogP contribution in [0.4, 0.5) is 15.0 Å². The summed E-state index contributed by atoms with van der Waals surface area (Å²) in [7, 11) is -5.93. The largest absolute Gasteiger partial charge is 0.461 e. The van der Waals surface area contributed by atoms with Crippen LogP contribution in [-0.4, -0.2) is 116 Å². The summed E-state index contributed by atoms with van der Waals surface area (Å²) in [6, 6.07) is 43.1. The number of carbonyl (C=O) groups excluding carboxylic acids is 1. The highest BCUT2D eigenvalue weighted by molar-refractivity contribution is 7.00. The van der Waals surface area contributed by atoms with Gasteiger partial charge in [0.15, 0.2) is 11.0 Å². The zero-order valence-electron chi connectivity index (χ0n) is 43.8. The smallest absolute Gasteiger partial charge is 0.410 e. The Bertz CT molecular complexity index is 2720. The number of amides is 1. The van der Waals surface area contributed by atoms with Crippen molar-refractivity contribution < 1.29 is 27.5 Å². The van der Waals surface area contributed by atoms with Gasteiger partial charge in [0, 0.05) is 32.4 Å². The van der Waals surface area contributed by atoms with Crippen molar-refractivity contribution in [2.24, 2.45) is 0 Å². The third-order valence-electron chi connectivity index (χ3n) is 15.7. The number of fused-ring (bicyclic) bond motifs is 4. The average Bonchev–Trinajstić information content (AvgIpc) is 3.96. The molecular weight excluding hydrogens is 971 g/mol. The number of hydrogen-bond acceptors (Lipinski definition) is 10. The number of hydrogen-bond donors (Lipinski definition) is 0. The highest BCUT2D eigenvalue weighted by atomic mass is 35.5. The Labute approximate surface area is 437 Å². The minimum absolute atomic E-state index is 0.0369. The summed E-state index contributed by atoms with van der Waals surface area (Å²) in [5.41, 5.74) is -1.16. The Balaban J connectivity index is 1.03. The summed E-state index contributed by atoms with van der Waals surface area (Å²) in [6.45, 7) is 22.1. The van der Waals surface area contributed by atoms with E-state index in [1.54, 1.807) is 0 Å². The molecule has 2 aromatic heterocycles. The molecule has 0 aliphatic carbocycles. The van der Waals surface area contributed by atoms with Crippen LogP contribution in [0.1, 0.15) is 88.0 Å². The lowest BCUT2D eigenvalue weighted by Gasteiger charge is -2.45. The van der Waals surface area contributed by atoms with Gasteiger partial charge in [0.05, 0.1) is 35.2 Å². The molecule has 4 fully saturated rings. The first-order valence-corrected chi connectivity index (χ1v) is 30.1. The minimum Gasteiger partial charge on any atom is -0.461 e. The van der Waals surface area contributed by atoms with Crippen molar-refractivity contribution in [1.29, 1.82) is 0 Å². The number of pyridine rings is 1. The van der Waals surface area contributed by atoms with Gasteiger partial charge in [-0.2, -0.15) is 9.97 Å². The molecule has 73 heavy (non-hydrogen) atoms. The van der Waals surface area contributed by atoms with Crippen molar-refractivity contribution >= 4 is 71.8 Å². The SMILES string of the molecule is CC(C)(C)OC(=O)N1[C@H]2CC[C@H]1CN(c1nc(OC[C@@]34C[C@H](O[Si](c5ccccc5)(c5ccccc5)C(C)(C)C)CN3C[C@H](O[Si](c3ccccc3)(c3ccccc3)C(C)(C)C)C4)nc3c(F)c(Cl)ncc13)C2. The van der Waals surface area contributed by atoms with Crippen LogP contribution < -0.4 is 30.4 Å². The minimum atomic E-state index is -2.96. The first-order valence-electron chi connectivity index (χ1n) is 25.9. The molecule has 0 saturated carbocycles. The second-order valence-electron chi connectivity index (χ2n) is 23.8. The number of benzene rings is 4. The highest BCUT2D eigenvalue weighted by Crippen LogP contribution is 2.48. The summed E-state index contributed by atoms with van der Waals surface area (Å²) < 4.78 is 44.9. The molecule has 11 nitrogen and oxygen atoms in total. The quantitative estimate of drug-likeness (QED) is 0.0871. The molecule has 0 radical (unpaired) electrons. The van der Waals surface area contributed by atoms with E-state index < -0.39 is 33.6 Å². The lowest BCUT2D eigenvalue weighted by molar-refractivity contribution is 0.0122. The van der Waals surface area contributed by atoms with Gasteiger partial charge >= 0.3 is 12.1 Å². The number of aromatic nitrogens is 3. The summed E-state index contributed by atoms with van der Waals surface area (Å²) in [5.74, 6) is -0.237. The van der Waals surface area contributed by atoms with E-state index in [9.17, 15) is 4.79 Å². The molecule has 6 aromatic rings. The second kappa shape index (κ2) is 19.5. The van der Waals surface area contributed by atoms with Crippen LogP contribution in [-0.2, 0) is 13.6 Å². The van der Waals surface area contributed by atoms with Gasteiger partial charge in [-0.05, 0) is 77.3 Å². The van der Waals surface area contributed by atoms with Gasteiger partial charge in [-0.25, -0.2) is 14.2 Å². The Morgan fingerprint density at radius 3 is 1.52 bits per heavy atom. The van der Waals surface area contributed by atoms with Crippen molar-refractivity contribution in [3.8, 4) is 6.01 Å². The van der Waals surface area contributed by atoms with Crippen LogP contribution in [0, 0.1) is 5.82 Å². The first kappa shape index (κ1) is 51.3. The van der Waals surface area contributed by atoms with Crippen LogP contribution in [0.5, 0.6) is 6.01 Å². The van der Waals surface area contributed by atoms with Crippen molar-refractivity contribution in [1.82, 2.24) is 24.8 Å². The fourth-order valence-corrected chi connectivity index (χ4v) is 22.2. The monoisotopic (exact) mass is 1040 g/mol. The maximum atomic E-state index is 16.3. The molecule has 0 spiro atoms. The zero-order chi connectivity index (χ0) is 51.6. The Kier molecular flexibility index (Phi) is 13.7. The van der Waals surface area contributed by atoms with Crippen LogP contribution in [0.2, 0.25) is 15.2 Å². The molecule has 4 aliphatic heterocycles. The molecule has 384 valence electrons. The van der Waals surface area contributed by atoms with Crippen molar-refractivity contribution in [2.45, 2.75) is 134 Å². The van der Waals surface area contributed by atoms with E-state index >= 15 is 4.39 Å². The van der Waals surface area contributed by atoms with Crippen LogP contribution >= 0.6 is 11.6 Å². The molecule has 5 atom stereocenters. The Morgan fingerprint density at radius 1 is 0.671 bits per heavy atom. The molecule has 2 bridgehead atoms. The maximum absolute atomic E-state index is 16.3. The van der Waals surface area contributed by atoms with Gasteiger partial charge in [0.1, 0.15) is 23.5 Å². The predicted molar refractivity (Wildman–Crippen MR) is 293 cm³/mol. The highest BCUT2D eigenvalue weighted by Gasteiger charge is 2.60. The number of halogens is 2.